The fourth-order valence-electron chi connectivity index (χ4n) is 3.73. The van der Waals surface area contributed by atoms with Gasteiger partial charge in [0.15, 0.2) is 0 Å². The Morgan fingerprint density at radius 2 is 2.19 bits per heavy atom. The average molecular weight is 453 g/mol. The number of likely N-dealkylation sites (tertiary alicyclic amines) is 1. The molecule has 1 aliphatic rings. The molecule has 2 atom stereocenters. The molecule has 4 nitrogen and oxygen atoms in total. The first-order valence-corrected chi connectivity index (χ1v) is 10.3. The zero-order chi connectivity index (χ0) is 19.4. The van der Waals surface area contributed by atoms with E-state index >= 15 is 0 Å². The van der Waals surface area contributed by atoms with Gasteiger partial charge in [-0.2, -0.15) is 0 Å². The number of carboxylic acids is 1. The van der Waals surface area contributed by atoms with Crippen molar-refractivity contribution in [3.63, 3.8) is 0 Å². The summed E-state index contributed by atoms with van der Waals surface area (Å²) >= 11 is 9.88. The Bertz CT molecular complexity index is 814. The first-order chi connectivity index (χ1) is 13.0. The zero-order valence-corrected chi connectivity index (χ0v) is 17.5. The summed E-state index contributed by atoms with van der Waals surface area (Å²) in [6.07, 6.45) is 1.57. The number of carbonyl (C=O) groups is 1. The van der Waals surface area contributed by atoms with E-state index in [0.29, 0.717) is 24.6 Å². The van der Waals surface area contributed by atoms with Crippen molar-refractivity contribution in [1.29, 1.82) is 0 Å². The van der Waals surface area contributed by atoms with E-state index in [9.17, 15) is 9.90 Å². The smallest absolute Gasteiger partial charge is 0.307 e. The number of nitrogens with zero attached hydrogens (tertiary/aromatic N) is 1. The quantitative estimate of drug-likeness (QED) is 0.638. The number of carboxylic acid groups (broad SMARTS) is 1. The molecule has 0 bridgehead atoms. The Hall–Kier alpha value is -1.56. The van der Waals surface area contributed by atoms with Gasteiger partial charge in [0, 0.05) is 21.6 Å². The van der Waals surface area contributed by atoms with Crippen molar-refractivity contribution in [3.8, 4) is 5.75 Å². The molecule has 1 fully saturated rings. The van der Waals surface area contributed by atoms with Gasteiger partial charge in [-0.05, 0) is 62.2 Å². The molecule has 2 aromatic rings. The fraction of sp³-hybridized carbons (Fsp3) is 0.381. The van der Waals surface area contributed by atoms with Crippen molar-refractivity contribution in [1.82, 2.24) is 4.90 Å². The molecule has 2 aromatic carbocycles. The SMILES string of the molecule is CCOc1ccc(Cl)cc1C(c1cccc(Br)c1)N1CCCC(C(=O)O)C1. The van der Waals surface area contributed by atoms with E-state index in [1.165, 1.54) is 0 Å². The summed E-state index contributed by atoms with van der Waals surface area (Å²) in [4.78, 5) is 13.8. The first-order valence-electron chi connectivity index (χ1n) is 9.14. The summed E-state index contributed by atoms with van der Waals surface area (Å²) in [7, 11) is 0. The third-order valence-corrected chi connectivity index (χ3v) is 5.63. The van der Waals surface area contributed by atoms with E-state index in [4.69, 9.17) is 16.3 Å². The number of ether oxygens (including phenoxy) is 1. The van der Waals surface area contributed by atoms with E-state index in [2.05, 4.69) is 33.0 Å². The summed E-state index contributed by atoms with van der Waals surface area (Å²) in [5, 5.41) is 10.2. The van der Waals surface area contributed by atoms with E-state index < -0.39 is 5.97 Å². The number of hydrogen-bond acceptors (Lipinski definition) is 3. The monoisotopic (exact) mass is 451 g/mol. The second-order valence-corrected chi connectivity index (χ2v) is 8.10. The van der Waals surface area contributed by atoms with Crippen LogP contribution in [0.5, 0.6) is 5.75 Å². The minimum Gasteiger partial charge on any atom is -0.494 e. The Labute approximate surface area is 173 Å². The predicted octanol–water partition coefficient (Wildman–Crippen LogP) is 5.39. The molecule has 3 rings (SSSR count). The van der Waals surface area contributed by atoms with Gasteiger partial charge in [-0.25, -0.2) is 0 Å². The molecule has 0 saturated carbocycles. The second kappa shape index (κ2) is 9.09. The van der Waals surface area contributed by atoms with Crippen molar-refractivity contribution < 1.29 is 14.6 Å². The summed E-state index contributed by atoms with van der Waals surface area (Å²) < 4.78 is 6.86. The molecule has 144 valence electrons. The summed E-state index contributed by atoms with van der Waals surface area (Å²) in [6, 6.07) is 13.7. The maximum atomic E-state index is 11.6. The van der Waals surface area contributed by atoms with Crippen molar-refractivity contribution >= 4 is 33.5 Å². The van der Waals surface area contributed by atoms with Crippen LogP contribution >= 0.6 is 27.5 Å². The largest absolute Gasteiger partial charge is 0.494 e. The minimum atomic E-state index is -0.733. The highest BCUT2D eigenvalue weighted by molar-refractivity contribution is 9.10. The Balaban J connectivity index is 2.08. The van der Waals surface area contributed by atoms with Crippen LogP contribution in [0.3, 0.4) is 0 Å². The van der Waals surface area contributed by atoms with Crippen LogP contribution in [-0.2, 0) is 4.79 Å². The number of halogens is 2. The molecule has 0 radical (unpaired) electrons. The standard InChI is InChI=1S/C21H23BrClNO3/c1-2-27-19-9-8-17(23)12-18(19)20(14-5-3-7-16(22)11-14)24-10-4-6-15(13-24)21(25)26/h3,5,7-9,11-12,15,20H,2,4,6,10,13H2,1H3,(H,25,26). The van der Waals surface area contributed by atoms with Crippen LogP contribution in [0.25, 0.3) is 0 Å². The lowest BCUT2D eigenvalue weighted by molar-refractivity contribution is -0.143. The van der Waals surface area contributed by atoms with Gasteiger partial charge in [0.05, 0.1) is 18.6 Å². The highest BCUT2D eigenvalue weighted by atomic mass is 79.9. The van der Waals surface area contributed by atoms with Gasteiger partial charge in [-0.3, -0.25) is 9.69 Å². The molecule has 0 spiro atoms. The molecule has 1 N–H and O–H groups in total. The Morgan fingerprint density at radius 3 is 2.89 bits per heavy atom. The Morgan fingerprint density at radius 1 is 1.37 bits per heavy atom. The van der Waals surface area contributed by atoms with E-state index in [1.54, 1.807) is 0 Å². The molecule has 0 aromatic heterocycles. The van der Waals surface area contributed by atoms with Crippen LogP contribution in [-0.4, -0.2) is 35.7 Å². The maximum absolute atomic E-state index is 11.6. The predicted molar refractivity (Wildman–Crippen MR) is 111 cm³/mol. The van der Waals surface area contributed by atoms with Gasteiger partial charge in [0.25, 0.3) is 0 Å². The molecule has 27 heavy (non-hydrogen) atoms. The van der Waals surface area contributed by atoms with Crippen LogP contribution in [0.2, 0.25) is 5.02 Å². The van der Waals surface area contributed by atoms with Gasteiger partial charge in [-0.1, -0.05) is 39.7 Å². The highest BCUT2D eigenvalue weighted by Gasteiger charge is 2.32. The van der Waals surface area contributed by atoms with Gasteiger partial charge >= 0.3 is 5.97 Å². The topological polar surface area (TPSA) is 49.8 Å². The number of aliphatic carboxylic acids is 1. The second-order valence-electron chi connectivity index (χ2n) is 6.75. The lowest BCUT2D eigenvalue weighted by Gasteiger charge is -2.38. The molecule has 2 unspecified atom stereocenters. The van der Waals surface area contributed by atoms with Crippen LogP contribution in [0.15, 0.2) is 46.9 Å². The van der Waals surface area contributed by atoms with Gasteiger partial charge in [0.1, 0.15) is 5.75 Å². The third kappa shape index (κ3) is 4.84. The molecule has 1 saturated heterocycles. The summed E-state index contributed by atoms with van der Waals surface area (Å²) in [5.74, 6) is -0.309. The zero-order valence-electron chi connectivity index (χ0n) is 15.2. The Kier molecular flexibility index (Phi) is 6.79. The lowest BCUT2D eigenvalue weighted by Crippen LogP contribution is -2.41. The molecule has 1 heterocycles. The van der Waals surface area contributed by atoms with Gasteiger partial charge in [0.2, 0.25) is 0 Å². The number of piperidine rings is 1. The van der Waals surface area contributed by atoms with E-state index in [-0.39, 0.29) is 12.0 Å². The van der Waals surface area contributed by atoms with E-state index in [0.717, 1.165) is 34.3 Å². The molecule has 1 aliphatic heterocycles. The highest BCUT2D eigenvalue weighted by Crippen LogP contribution is 2.39. The molecule has 0 amide bonds. The molecule has 0 aliphatic carbocycles. The number of rotatable bonds is 6. The van der Waals surface area contributed by atoms with Crippen molar-refractivity contribution in [2.75, 3.05) is 19.7 Å². The van der Waals surface area contributed by atoms with Gasteiger partial charge in [-0.15, -0.1) is 0 Å². The van der Waals surface area contributed by atoms with Gasteiger partial charge < -0.3 is 9.84 Å². The van der Waals surface area contributed by atoms with Crippen molar-refractivity contribution in [3.05, 3.63) is 63.1 Å². The molecular weight excluding hydrogens is 430 g/mol. The lowest BCUT2D eigenvalue weighted by atomic mass is 9.91. The summed E-state index contributed by atoms with van der Waals surface area (Å²) in [6.45, 7) is 3.84. The number of benzene rings is 2. The van der Waals surface area contributed by atoms with Crippen LogP contribution in [0.4, 0.5) is 0 Å². The normalized spacial score (nSPS) is 18.9. The third-order valence-electron chi connectivity index (χ3n) is 4.90. The van der Waals surface area contributed by atoms with Crippen molar-refractivity contribution in [2.24, 2.45) is 5.92 Å². The van der Waals surface area contributed by atoms with Crippen molar-refractivity contribution in [2.45, 2.75) is 25.8 Å². The summed E-state index contributed by atoms with van der Waals surface area (Å²) in [5.41, 5.74) is 2.05. The van der Waals surface area contributed by atoms with Crippen LogP contribution in [0, 0.1) is 5.92 Å². The molecule has 6 heteroatoms. The van der Waals surface area contributed by atoms with Crippen LogP contribution in [0.1, 0.15) is 36.9 Å². The molecular formula is C21H23BrClNO3. The average Bonchev–Trinajstić information content (AvgIpc) is 2.64. The first kappa shape index (κ1) is 20.2. The fourth-order valence-corrected chi connectivity index (χ4v) is 4.32. The minimum absolute atomic E-state index is 0.120. The van der Waals surface area contributed by atoms with Crippen LogP contribution < -0.4 is 4.74 Å². The van der Waals surface area contributed by atoms with E-state index in [1.807, 2.05) is 37.3 Å². The number of hydrogen-bond donors (Lipinski definition) is 1. The maximum Gasteiger partial charge on any atom is 0.307 e.